The van der Waals surface area contributed by atoms with Gasteiger partial charge in [0.05, 0.1) is 13.8 Å². The first-order chi connectivity index (χ1) is 10.1. The van der Waals surface area contributed by atoms with Gasteiger partial charge in [0.25, 0.3) is 0 Å². The maximum Gasteiger partial charge on any atom is 0.135 e. The number of rotatable bonds is 5. The van der Waals surface area contributed by atoms with Crippen LogP contribution < -0.4 is 5.19 Å². The quantitative estimate of drug-likeness (QED) is 0.727. The lowest BCUT2D eigenvalue weighted by atomic mass is 10.1. The van der Waals surface area contributed by atoms with Crippen LogP contribution in [0.3, 0.4) is 0 Å². The first kappa shape index (κ1) is 15.8. The van der Waals surface area contributed by atoms with E-state index in [9.17, 15) is 8.78 Å². The van der Waals surface area contributed by atoms with E-state index < -0.39 is 19.7 Å². The normalized spacial score (nSPS) is 11.7. The number of halogens is 2. The van der Waals surface area contributed by atoms with Crippen molar-refractivity contribution in [2.75, 3.05) is 0 Å². The molecule has 0 radical (unpaired) electrons. The maximum absolute atomic E-state index is 13.8. The molecular formula is C17H21F2NSi. The molecule has 0 aliphatic carbocycles. The van der Waals surface area contributed by atoms with Crippen molar-refractivity contribution < 1.29 is 8.78 Å². The van der Waals surface area contributed by atoms with Crippen molar-refractivity contribution in [2.24, 2.45) is 0 Å². The Morgan fingerprint density at radius 3 is 2.10 bits per heavy atom. The second kappa shape index (κ2) is 6.48. The highest BCUT2D eigenvalue weighted by Gasteiger charge is 2.29. The van der Waals surface area contributed by atoms with E-state index in [1.165, 1.54) is 35.5 Å². The van der Waals surface area contributed by atoms with Crippen LogP contribution in [0.25, 0.3) is 11.3 Å². The predicted molar refractivity (Wildman–Crippen MR) is 86.4 cm³/mol. The number of hydrogen-bond donors (Lipinski definition) is 0. The minimum Gasteiger partial charge on any atom is -0.256 e. The first-order valence-electron chi connectivity index (χ1n) is 7.48. The van der Waals surface area contributed by atoms with Crippen LogP contribution in [0.4, 0.5) is 8.78 Å². The second-order valence-electron chi connectivity index (χ2n) is 5.40. The third-order valence-electron chi connectivity index (χ3n) is 4.61. The molecule has 112 valence electrons. The average Bonchev–Trinajstić information content (AvgIpc) is 2.50. The standard InChI is InChI=1S/C17H21F2NSi/c1-4-21(5-2,6-3)14-8-10-17(20-12-14)15-9-7-13(18)11-16(15)19/h7-12H,4-6H2,1-3H3. The first-order valence-corrected chi connectivity index (χ1v) is 10.1. The van der Waals surface area contributed by atoms with Crippen molar-refractivity contribution in [3.8, 4) is 11.3 Å². The van der Waals surface area contributed by atoms with Crippen LogP contribution in [0.2, 0.25) is 18.1 Å². The zero-order chi connectivity index (χ0) is 15.5. The lowest BCUT2D eigenvalue weighted by Crippen LogP contribution is -2.45. The van der Waals surface area contributed by atoms with Gasteiger partial charge in [0.15, 0.2) is 0 Å². The SMILES string of the molecule is CC[Si](CC)(CC)c1ccc(-c2ccc(F)cc2F)nc1. The van der Waals surface area contributed by atoms with Crippen molar-refractivity contribution in [3.05, 3.63) is 48.2 Å². The molecule has 0 N–H and O–H groups in total. The van der Waals surface area contributed by atoms with Gasteiger partial charge in [0, 0.05) is 17.8 Å². The molecule has 1 heterocycles. The molecule has 4 heteroatoms. The summed E-state index contributed by atoms with van der Waals surface area (Å²) in [6.07, 6.45) is 1.89. The molecule has 0 saturated carbocycles. The lowest BCUT2D eigenvalue weighted by molar-refractivity contribution is 0.585. The fourth-order valence-electron chi connectivity index (χ4n) is 2.93. The summed E-state index contributed by atoms with van der Waals surface area (Å²) in [5.41, 5.74) is 0.905. The van der Waals surface area contributed by atoms with E-state index in [0.29, 0.717) is 11.3 Å². The van der Waals surface area contributed by atoms with Crippen LogP contribution in [-0.4, -0.2) is 13.1 Å². The fraction of sp³-hybridized carbons (Fsp3) is 0.353. The van der Waals surface area contributed by atoms with Crippen molar-refractivity contribution in [1.29, 1.82) is 0 Å². The molecule has 1 nitrogen and oxygen atoms in total. The van der Waals surface area contributed by atoms with Crippen LogP contribution in [0, 0.1) is 11.6 Å². The van der Waals surface area contributed by atoms with E-state index in [1.807, 2.05) is 12.3 Å². The van der Waals surface area contributed by atoms with Crippen LogP contribution in [0.1, 0.15) is 20.8 Å². The van der Waals surface area contributed by atoms with Gasteiger partial charge in [-0.1, -0.05) is 45.0 Å². The molecular weight excluding hydrogens is 284 g/mol. The molecule has 0 aliphatic heterocycles. The summed E-state index contributed by atoms with van der Waals surface area (Å²) in [5, 5.41) is 1.32. The Morgan fingerprint density at radius 1 is 0.952 bits per heavy atom. The molecule has 0 amide bonds. The number of hydrogen-bond acceptors (Lipinski definition) is 1. The molecule has 2 aromatic rings. The minimum atomic E-state index is -1.46. The lowest BCUT2D eigenvalue weighted by Gasteiger charge is -2.28. The van der Waals surface area contributed by atoms with Gasteiger partial charge in [-0.2, -0.15) is 0 Å². The van der Waals surface area contributed by atoms with Gasteiger partial charge in [0.2, 0.25) is 0 Å². The molecule has 21 heavy (non-hydrogen) atoms. The highest BCUT2D eigenvalue weighted by molar-refractivity contribution is 6.91. The Hall–Kier alpha value is -1.55. The molecule has 0 fully saturated rings. The van der Waals surface area contributed by atoms with Crippen LogP contribution in [0.5, 0.6) is 0 Å². The van der Waals surface area contributed by atoms with Gasteiger partial charge in [0.1, 0.15) is 11.6 Å². The van der Waals surface area contributed by atoms with Crippen LogP contribution in [0.15, 0.2) is 36.5 Å². The molecule has 0 bridgehead atoms. The minimum absolute atomic E-state index is 0.347. The molecule has 1 aromatic carbocycles. The van der Waals surface area contributed by atoms with Gasteiger partial charge in [-0.25, -0.2) is 8.78 Å². The number of aromatic nitrogens is 1. The Labute approximate surface area is 126 Å². The van der Waals surface area contributed by atoms with Crippen LogP contribution >= 0.6 is 0 Å². The topological polar surface area (TPSA) is 12.9 Å². The van der Waals surface area contributed by atoms with E-state index >= 15 is 0 Å². The zero-order valence-corrected chi connectivity index (χ0v) is 13.8. The zero-order valence-electron chi connectivity index (χ0n) is 12.8. The molecule has 2 rings (SSSR count). The summed E-state index contributed by atoms with van der Waals surface area (Å²) >= 11 is 0. The summed E-state index contributed by atoms with van der Waals surface area (Å²) in [6.45, 7) is 6.73. The smallest absolute Gasteiger partial charge is 0.135 e. The summed E-state index contributed by atoms with van der Waals surface area (Å²) in [6, 6.07) is 11.1. The molecule has 1 aromatic heterocycles. The molecule has 0 atom stereocenters. The van der Waals surface area contributed by atoms with Gasteiger partial charge in [-0.3, -0.25) is 4.98 Å². The summed E-state index contributed by atoms with van der Waals surface area (Å²) < 4.78 is 26.8. The Balaban J connectivity index is 2.39. The Morgan fingerprint density at radius 2 is 1.62 bits per heavy atom. The molecule has 0 saturated heterocycles. The predicted octanol–water partition coefficient (Wildman–Crippen LogP) is 4.74. The van der Waals surface area contributed by atoms with Crippen LogP contribution in [-0.2, 0) is 0 Å². The molecule has 0 aliphatic rings. The number of pyridine rings is 1. The van der Waals surface area contributed by atoms with Crippen molar-refractivity contribution in [3.63, 3.8) is 0 Å². The van der Waals surface area contributed by atoms with Gasteiger partial charge in [-0.15, -0.1) is 0 Å². The van der Waals surface area contributed by atoms with E-state index in [0.717, 1.165) is 6.07 Å². The van der Waals surface area contributed by atoms with E-state index in [2.05, 4.69) is 31.8 Å². The van der Waals surface area contributed by atoms with Gasteiger partial charge >= 0.3 is 0 Å². The largest absolute Gasteiger partial charge is 0.256 e. The van der Waals surface area contributed by atoms with E-state index in [1.54, 1.807) is 0 Å². The van der Waals surface area contributed by atoms with Crippen molar-refractivity contribution in [2.45, 2.75) is 38.9 Å². The highest BCUT2D eigenvalue weighted by Crippen LogP contribution is 2.23. The highest BCUT2D eigenvalue weighted by atomic mass is 28.3. The maximum atomic E-state index is 13.8. The monoisotopic (exact) mass is 305 g/mol. The molecule has 0 spiro atoms. The Bertz CT molecular complexity index is 598. The van der Waals surface area contributed by atoms with Gasteiger partial charge in [-0.05, 0) is 23.4 Å². The summed E-state index contributed by atoms with van der Waals surface area (Å²) in [7, 11) is -1.46. The summed E-state index contributed by atoms with van der Waals surface area (Å²) in [4.78, 5) is 4.42. The summed E-state index contributed by atoms with van der Waals surface area (Å²) in [5.74, 6) is -1.14. The molecule has 0 unspecified atom stereocenters. The number of nitrogens with zero attached hydrogens (tertiary/aromatic N) is 1. The third-order valence-corrected chi connectivity index (χ3v) is 10.2. The van der Waals surface area contributed by atoms with Gasteiger partial charge < -0.3 is 0 Å². The number of benzene rings is 1. The van der Waals surface area contributed by atoms with Crippen molar-refractivity contribution >= 4 is 13.3 Å². The van der Waals surface area contributed by atoms with Crippen molar-refractivity contribution in [1.82, 2.24) is 4.98 Å². The Kier molecular flexibility index (Phi) is 4.88. The van der Waals surface area contributed by atoms with E-state index in [4.69, 9.17) is 0 Å². The van der Waals surface area contributed by atoms with E-state index in [-0.39, 0.29) is 0 Å². The second-order valence-corrected chi connectivity index (χ2v) is 10.7. The average molecular weight is 305 g/mol. The third kappa shape index (κ3) is 3.05. The fourth-order valence-corrected chi connectivity index (χ4v) is 6.43.